The lowest BCUT2D eigenvalue weighted by Gasteiger charge is -2.11. The molecule has 0 saturated heterocycles. The monoisotopic (exact) mass is 565 g/mol. The summed E-state index contributed by atoms with van der Waals surface area (Å²) in [5, 5.41) is 25.6. The fourth-order valence-corrected chi connectivity index (χ4v) is 4.16. The summed E-state index contributed by atoms with van der Waals surface area (Å²) in [7, 11) is 0. The lowest BCUT2D eigenvalue weighted by atomic mass is 10.1. The number of nitro benzene ring substituents is 1. The molecule has 0 aliphatic heterocycles. The summed E-state index contributed by atoms with van der Waals surface area (Å²) in [4.78, 5) is 28.7. The van der Waals surface area contributed by atoms with Crippen molar-refractivity contribution in [1.29, 1.82) is 5.26 Å². The van der Waals surface area contributed by atoms with E-state index < -0.39 is 4.92 Å². The van der Waals surface area contributed by atoms with E-state index in [9.17, 15) is 20.2 Å². The van der Waals surface area contributed by atoms with Crippen LogP contribution in [0.15, 0.2) is 69.0 Å². The number of halogens is 2. The maximum absolute atomic E-state index is 13.1. The zero-order valence-corrected chi connectivity index (χ0v) is 21.2. The van der Waals surface area contributed by atoms with Gasteiger partial charge in [0.2, 0.25) is 5.75 Å². The molecule has 180 valence electrons. The number of aryl methyl sites for hydroxylation is 1. The molecule has 4 aromatic rings. The standard InChI is InChI=1S/C25H17BrClN5O4/c1-2-23-30-21-8-7-18(26)11-19(21)25(33)31(23)29-13-15-9-20(27)24(22(10-15)32(34)35)36-14-17-6-4-3-5-16(17)12-28/h3-11,13H,2,14H2,1H3. The molecule has 0 aliphatic carbocycles. The number of hydrogen-bond donors (Lipinski definition) is 0. The minimum atomic E-state index is -0.618. The van der Waals surface area contributed by atoms with Crippen molar-refractivity contribution in [2.24, 2.45) is 5.10 Å². The summed E-state index contributed by atoms with van der Waals surface area (Å²) >= 11 is 9.70. The average molecular weight is 567 g/mol. The summed E-state index contributed by atoms with van der Waals surface area (Å²) < 4.78 is 7.54. The van der Waals surface area contributed by atoms with E-state index in [-0.39, 0.29) is 28.6 Å². The Labute approximate surface area is 218 Å². The van der Waals surface area contributed by atoms with E-state index in [1.165, 1.54) is 18.3 Å². The molecule has 0 radical (unpaired) electrons. The van der Waals surface area contributed by atoms with E-state index in [0.29, 0.717) is 39.8 Å². The van der Waals surface area contributed by atoms with Gasteiger partial charge in [-0.2, -0.15) is 15.0 Å². The van der Waals surface area contributed by atoms with E-state index in [1.54, 1.807) is 42.5 Å². The maximum Gasteiger partial charge on any atom is 0.313 e. The number of nitriles is 1. The Hall–Kier alpha value is -4.07. The molecule has 0 aliphatic rings. The van der Waals surface area contributed by atoms with Crippen molar-refractivity contribution in [1.82, 2.24) is 9.66 Å². The van der Waals surface area contributed by atoms with Crippen molar-refractivity contribution in [2.75, 3.05) is 0 Å². The molecule has 0 fully saturated rings. The van der Waals surface area contributed by atoms with Gasteiger partial charge >= 0.3 is 5.69 Å². The number of ether oxygens (including phenoxy) is 1. The van der Waals surface area contributed by atoms with Crippen LogP contribution in [0.25, 0.3) is 10.9 Å². The number of hydrogen-bond acceptors (Lipinski definition) is 7. The first-order valence-corrected chi connectivity index (χ1v) is 11.8. The van der Waals surface area contributed by atoms with Gasteiger partial charge in [-0.15, -0.1) is 0 Å². The van der Waals surface area contributed by atoms with Crippen molar-refractivity contribution >= 4 is 50.3 Å². The van der Waals surface area contributed by atoms with E-state index in [2.05, 4.69) is 32.1 Å². The van der Waals surface area contributed by atoms with Crippen molar-refractivity contribution in [3.8, 4) is 11.8 Å². The quantitative estimate of drug-likeness (QED) is 0.163. The molecule has 0 unspecified atom stereocenters. The molecule has 11 heteroatoms. The van der Waals surface area contributed by atoms with E-state index >= 15 is 0 Å². The number of nitro groups is 1. The van der Waals surface area contributed by atoms with Gasteiger partial charge in [0, 0.05) is 28.1 Å². The third-order valence-electron chi connectivity index (χ3n) is 5.27. The van der Waals surface area contributed by atoms with Crippen molar-refractivity contribution in [2.45, 2.75) is 20.0 Å². The van der Waals surface area contributed by atoms with Gasteiger partial charge in [-0.05, 0) is 30.3 Å². The van der Waals surface area contributed by atoms with Crippen LogP contribution in [0.5, 0.6) is 5.75 Å². The molecule has 36 heavy (non-hydrogen) atoms. The molecule has 0 bridgehead atoms. The summed E-state index contributed by atoms with van der Waals surface area (Å²) in [5.41, 5.74) is 1.06. The van der Waals surface area contributed by atoms with Gasteiger partial charge < -0.3 is 4.74 Å². The first-order valence-electron chi connectivity index (χ1n) is 10.7. The zero-order valence-electron chi connectivity index (χ0n) is 18.8. The van der Waals surface area contributed by atoms with Crippen LogP contribution < -0.4 is 10.3 Å². The third kappa shape index (κ3) is 5.12. The van der Waals surface area contributed by atoms with Crippen LogP contribution in [0, 0.1) is 21.4 Å². The predicted molar refractivity (Wildman–Crippen MR) is 140 cm³/mol. The first-order chi connectivity index (χ1) is 17.3. The summed E-state index contributed by atoms with van der Waals surface area (Å²) in [6, 6.07) is 16.7. The largest absolute Gasteiger partial charge is 0.481 e. The number of fused-ring (bicyclic) bond motifs is 1. The molecule has 1 heterocycles. The van der Waals surface area contributed by atoms with E-state index in [0.717, 1.165) is 9.15 Å². The van der Waals surface area contributed by atoms with Gasteiger partial charge in [0.05, 0.1) is 38.7 Å². The minimum Gasteiger partial charge on any atom is -0.481 e. The maximum atomic E-state index is 13.1. The van der Waals surface area contributed by atoms with Crippen LogP contribution in [0.1, 0.15) is 29.4 Å². The normalized spacial score (nSPS) is 11.1. The minimum absolute atomic E-state index is 0.0104. The molecule has 0 spiro atoms. The van der Waals surface area contributed by atoms with Crippen molar-refractivity contribution < 1.29 is 9.66 Å². The van der Waals surface area contributed by atoms with Gasteiger partial charge in [-0.25, -0.2) is 4.98 Å². The highest BCUT2D eigenvalue weighted by Crippen LogP contribution is 2.36. The first kappa shape index (κ1) is 25.0. The van der Waals surface area contributed by atoms with Crippen molar-refractivity contribution in [3.63, 3.8) is 0 Å². The lowest BCUT2D eigenvalue weighted by molar-refractivity contribution is -0.385. The Bertz CT molecular complexity index is 1630. The third-order valence-corrected chi connectivity index (χ3v) is 6.04. The van der Waals surface area contributed by atoms with Crippen molar-refractivity contribution in [3.05, 3.63) is 107 Å². The molecule has 4 rings (SSSR count). The van der Waals surface area contributed by atoms with Crippen LogP contribution in [0.3, 0.4) is 0 Å². The average Bonchev–Trinajstić information content (AvgIpc) is 2.87. The summed E-state index contributed by atoms with van der Waals surface area (Å²) in [5.74, 6) is 0.304. The Kier molecular flexibility index (Phi) is 7.43. The topological polar surface area (TPSA) is 123 Å². The fraction of sp³-hybridized carbons (Fsp3) is 0.120. The molecule has 0 amide bonds. The highest BCUT2D eigenvalue weighted by atomic mass is 79.9. The number of aromatic nitrogens is 2. The molecule has 0 saturated carbocycles. The molecule has 3 aromatic carbocycles. The number of benzene rings is 3. The summed E-state index contributed by atoms with van der Waals surface area (Å²) in [6.45, 7) is 1.77. The number of nitrogens with zero attached hydrogens (tertiary/aromatic N) is 5. The molecule has 0 atom stereocenters. The smallest absolute Gasteiger partial charge is 0.313 e. The fourth-order valence-electron chi connectivity index (χ4n) is 3.52. The Balaban J connectivity index is 1.71. The Morgan fingerprint density at radius 2 is 2.06 bits per heavy atom. The molecular weight excluding hydrogens is 550 g/mol. The lowest BCUT2D eigenvalue weighted by Crippen LogP contribution is -2.22. The second-order valence-electron chi connectivity index (χ2n) is 7.57. The summed E-state index contributed by atoms with van der Waals surface area (Å²) in [6.07, 6.45) is 1.75. The van der Waals surface area contributed by atoms with Gasteiger partial charge in [-0.1, -0.05) is 52.7 Å². The Morgan fingerprint density at radius 3 is 2.78 bits per heavy atom. The van der Waals surface area contributed by atoms with Gasteiger partial charge in [0.25, 0.3) is 5.56 Å². The Morgan fingerprint density at radius 1 is 1.28 bits per heavy atom. The van der Waals surface area contributed by atoms with Gasteiger partial charge in [-0.3, -0.25) is 14.9 Å². The second-order valence-corrected chi connectivity index (χ2v) is 8.89. The van der Waals surface area contributed by atoms with Crippen LogP contribution in [-0.2, 0) is 13.0 Å². The molecule has 1 aromatic heterocycles. The van der Waals surface area contributed by atoms with Crippen LogP contribution in [-0.4, -0.2) is 20.8 Å². The van der Waals surface area contributed by atoms with Crippen LogP contribution in [0.2, 0.25) is 5.02 Å². The molecule has 0 N–H and O–H groups in total. The SMILES string of the molecule is CCc1nc2ccc(Br)cc2c(=O)n1N=Cc1cc(Cl)c(OCc2ccccc2C#N)c([N+](=O)[O-])c1. The van der Waals surface area contributed by atoms with Gasteiger partial charge in [0.1, 0.15) is 12.4 Å². The molecular formula is C25H17BrClN5O4. The van der Waals surface area contributed by atoms with Gasteiger partial charge in [0.15, 0.2) is 0 Å². The molecule has 9 nitrogen and oxygen atoms in total. The highest BCUT2D eigenvalue weighted by Gasteiger charge is 2.21. The highest BCUT2D eigenvalue weighted by molar-refractivity contribution is 9.10. The predicted octanol–water partition coefficient (Wildman–Crippen LogP) is 5.62. The van der Waals surface area contributed by atoms with Crippen LogP contribution >= 0.6 is 27.5 Å². The number of rotatable bonds is 7. The second kappa shape index (κ2) is 10.7. The van der Waals surface area contributed by atoms with E-state index in [4.69, 9.17) is 16.3 Å². The zero-order chi connectivity index (χ0) is 25.8. The van der Waals surface area contributed by atoms with Crippen LogP contribution in [0.4, 0.5) is 5.69 Å². The van der Waals surface area contributed by atoms with E-state index in [1.807, 2.05) is 6.92 Å².